The molecule has 1 fully saturated rings. The number of nitrogens with one attached hydrogen (secondary N) is 1. The lowest BCUT2D eigenvalue weighted by molar-refractivity contribution is -0.151. The van der Waals surface area contributed by atoms with Crippen LogP contribution in [0.5, 0.6) is 0 Å². The monoisotopic (exact) mass is 419 g/mol. The second-order valence-corrected chi connectivity index (χ2v) is 7.56. The highest BCUT2D eigenvalue weighted by Gasteiger charge is 2.67. The molecule has 1 aliphatic heterocycles. The van der Waals surface area contributed by atoms with Crippen LogP contribution in [0, 0.1) is 5.92 Å². The number of esters is 1. The van der Waals surface area contributed by atoms with Gasteiger partial charge in [-0.05, 0) is 34.1 Å². The highest BCUT2D eigenvalue weighted by Crippen LogP contribution is 2.52. The maximum atomic E-state index is 13.0. The van der Waals surface area contributed by atoms with Gasteiger partial charge in [-0.1, -0.05) is 12.2 Å². The van der Waals surface area contributed by atoms with Gasteiger partial charge in [0, 0.05) is 29.7 Å². The zero-order chi connectivity index (χ0) is 22.9. The highest BCUT2D eigenvalue weighted by atomic mass is 16.6. The van der Waals surface area contributed by atoms with E-state index < -0.39 is 52.2 Å². The summed E-state index contributed by atoms with van der Waals surface area (Å²) in [6.45, 7) is 5.89. The molecular weight excluding hydrogens is 394 g/mol. The van der Waals surface area contributed by atoms with Gasteiger partial charge in [0.1, 0.15) is 17.1 Å². The summed E-state index contributed by atoms with van der Waals surface area (Å²) in [6.07, 6.45) is 5.27. The van der Waals surface area contributed by atoms with Crippen molar-refractivity contribution in [1.29, 1.82) is 0 Å². The predicted octanol–water partition coefficient (Wildman–Crippen LogP) is 2.02. The summed E-state index contributed by atoms with van der Waals surface area (Å²) < 4.78 is 5.42. The average Bonchev–Trinajstić information content (AvgIpc) is 2.86. The van der Waals surface area contributed by atoms with E-state index in [-0.39, 0.29) is 17.6 Å². The van der Waals surface area contributed by atoms with E-state index in [4.69, 9.17) is 9.84 Å². The van der Waals surface area contributed by atoms with Crippen molar-refractivity contribution in [3.05, 3.63) is 47.0 Å². The molecule has 9 nitrogen and oxygen atoms in total. The van der Waals surface area contributed by atoms with Gasteiger partial charge < -0.3 is 25.4 Å². The Balaban J connectivity index is 2.58. The minimum atomic E-state index is -1.84. The summed E-state index contributed by atoms with van der Waals surface area (Å²) in [5, 5.41) is 32.4. The number of aliphatic hydroxyl groups excluding tert-OH is 2. The molecular formula is C21H25NO8. The van der Waals surface area contributed by atoms with Gasteiger partial charge in [0.15, 0.2) is 11.4 Å². The largest absolute Gasteiger partial charge is 0.508 e. The van der Waals surface area contributed by atoms with Gasteiger partial charge in [0.05, 0.1) is 5.92 Å². The number of carbonyl (C=O) groups is 4. The van der Waals surface area contributed by atoms with E-state index in [2.05, 4.69) is 5.32 Å². The normalized spacial score (nSPS) is 28.8. The van der Waals surface area contributed by atoms with E-state index in [1.807, 2.05) is 0 Å². The van der Waals surface area contributed by atoms with Crippen molar-refractivity contribution < 1.29 is 39.2 Å². The van der Waals surface area contributed by atoms with Gasteiger partial charge in [-0.25, -0.2) is 9.59 Å². The molecule has 0 aromatic carbocycles. The predicted molar refractivity (Wildman–Crippen MR) is 105 cm³/mol. The number of ketones is 1. The van der Waals surface area contributed by atoms with Crippen molar-refractivity contribution >= 4 is 23.6 Å². The van der Waals surface area contributed by atoms with Crippen LogP contribution >= 0.6 is 0 Å². The molecule has 2 aliphatic rings. The number of Topliss-reactive ketones (excluding diaryl/α,β-unsaturated/α-hetero) is 1. The van der Waals surface area contributed by atoms with Crippen molar-refractivity contribution in [1.82, 2.24) is 5.32 Å². The maximum absolute atomic E-state index is 13.0. The fourth-order valence-electron chi connectivity index (χ4n) is 3.98. The molecule has 1 saturated heterocycles. The number of hydrogen-bond acceptors (Lipinski definition) is 7. The van der Waals surface area contributed by atoms with Crippen molar-refractivity contribution in [2.45, 2.75) is 51.7 Å². The summed E-state index contributed by atoms with van der Waals surface area (Å²) in [5.41, 5.74) is -3.68. The molecule has 0 aromatic heterocycles. The number of carboxylic acids is 1. The topological polar surface area (TPSA) is 150 Å². The number of rotatable bonds is 7. The number of aliphatic carboxylic acids is 1. The molecule has 3 atom stereocenters. The molecule has 0 unspecified atom stereocenters. The Hall–Kier alpha value is -3.36. The molecule has 4 N–H and O–H groups in total. The molecule has 30 heavy (non-hydrogen) atoms. The Kier molecular flexibility index (Phi) is 6.25. The van der Waals surface area contributed by atoms with E-state index in [0.717, 1.165) is 6.08 Å². The fourth-order valence-corrected chi connectivity index (χ4v) is 3.98. The van der Waals surface area contributed by atoms with Crippen LogP contribution in [0.3, 0.4) is 0 Å². The molecule has 0 radical (unpaired) electrons. The minimum Gasteiger partial charge on any atom is -0.508 e. The Labute approximate surface area is 173 Å². The standard InChI is InChI=1S/C21H25NO8/c1-5-6-7-8-12(23)15-16(27)11(2)18(28)21(4)17(15)20(3,19(29)30-21)22-13(24)9-10-14(25)26/h5-6,9-10,17,27-28H,7-8H2,1-4H3,(H,22,24)(H,25,26)/b6-5+,10-9+/t17-,20+,21+/m1/s1. The summed E-state index contributed by atoms with van der Waals surface area (Å²) in [6, 6.07) is 0. The fraction of sp³-hybridized carbons (Fsp3) is 0.429. The number of hydrogen-bond donors (Lipinski definition) is 4. The average molecular weight is 419 g/mol. The third-order valence-corrected chi connectivity index (χ3v) is 5.42. The van der Waals surface area contributed by atoms with Gasteiger partial charge in [-0.3, -0.25) is 9.59 Å². The molecule has 1 amide bonds. The zero-order valence-electron chi connectivity index (χ0n) is 17.2. The third-order valence-electron chi connectivity index (χ3n) is 5.42. The van der Waals surface area contributed by atoms with Crippen LogP contribution in [0.25, 0.3) is 0 Å². The van der Waals surface area contributed by atoms with Crippen LogP contribution in [0.1, 0.15) is 40.5 Å². The van der Waals surface area contributed by atoms with Crippen molar-refractivity contribution in [3.63, 3.8) is 0 Å². The molecule has 9 heteroatoms. The number of aliphatic hydroxyl groups is 2. The minimum absolute atomic E-state index is 0.00252. The Bertz CT molecular complexity index is 925. The molecule has 1 aliphatic carbocycles. The van der Waals surface area contributed by atoms with Gasteiger partial charge >= 0.3 is 11.9 Å². The van der Waals surface area contributed by atoms with Crippen LogP contribution in [0.15, 0.2) is 47.0 Å². The Morgan fingerprint density at radius 1 is 1.20 bits per heavy atom. The summed E-state index contributed by atoms with van der Waals surface area (Å²) in [4.78, 5) is 48.7. The van der Waals surface area contributed by atoms with Crippen LogP contribution in [0.2, 0.25) is 0 Å². The number of carbonyl (C=O) groups excluding carboxylic acids is 3. The number of allylic oxidation sites excluding steroid dienone is 3. The van der Waals surface area contributed by atoms with Crippen LogP contribution in [0.4, 0.5) is 0 Å². The number of amides is 1. The third kappa shape index (κ3) is 3.74. The number of fused-ring (bicyclic) bond motifs is 1. The molecule has 0 bridgehead atoms. The van der Waals surface area contributed by atoms with Crippen molar-refractivity contribution in [2.24, 2.45) is 5.92 Å². The molecule has 0 spiro atoms. The van der Waals surface area contributed by atoms with Crippen LogP contribution in [-0.4, -0.2) is 50.1 Å². The maximum Gasteiger partial charge on any atom is 0.333 e. The molecule has 2 rings (SSSR count). The van der Waals surface area contributed by atoms with Crippen LogP contribution < -0.4 is 5.32 Å². The quantitative estimate of drug-likeness (QED) is 0.278. The van der Waals surface area contributed by atoms with E-state index in [9.17, 15) is 29.4 Å². The van der Waals surface area contributed by atoms with Crippen molar-refractivity contribution in [2.75, 3.05) is 0 Å². The second-order valence-electron chi connectivity index (χ2n) is 7.56. The van der Waals surface area contributed by atoms with Gasteiger partial charge in [0.2, 0.25) is 5.91 Å². The van der Waals surface area contributed by atoms with Gasteiger partial charge in [0.25, 0.3) is 0 Å². The van der Waals surface area contributed by atoms with Crippen molar-refractivity contribution in [3.8, 4) is 0 Å². The lowest BCUT2D eigenvalue weighted by Crippen LogP contribution is -2.58. The van der Waals surface area contributed by atoms with Gasteiger partial charge in [-0.2, -0.15) is 0 Å². The molecule has 0 aromatic rings. The number of ether oxygens (including phenoxy) is 1. The number of carboxylic acid groups (broad SMARTS) is 1. The van der Waals surface area contributed by atoms with E-state index in [1.54, 1.807) is 19.1 Å². The summed E-state index contributed by atoms with van der Waals surface area (Å²) >= 11 is 0. The van der Waals surface area contributed by atoms with Gasteiger partial charge in [-0.15, -0.1) is 0 Å². The first kappa shape index (κ1) is 22.9. The zero-order valence-corrected chi connectivity index (χ0v) is 17.2. The molecule has 1 heterocycles. The summed E-state index contributed by atoms with van der Waals surface area (Å²) in [7, 11) is 0. The van der Waals surface area contributed by atoms with E-state index in [0.29, 0.717) is 12.5 Å². The highest BCUT2D eigenvalue weighted by molar-refractivity contribution is 6.03. The first-order valence-electron chi connectivity index (χ1n) is 9.34. The first-order chi connectivity index (χ1) is 13.9. The second kappa shape index (κ2) is 8.17. The summed E-state index contributed by atoms with van der Waals surface area (Å²) in [5.74, 6) is -5.80. The Morgan fingerprint density at radius 3 is 2.40 bits per heavy atom. The first-order valence-corrected chi connectivity index (χ1v) is 9.34. The smallest absolute Gasteiger partial charge is 0.333 e. The SMILES string of the molecule is C/C=C/CCC(=O)C1=C(O)C(C)=C(O)[C@@]2(C)OC(=O)[C@@](C)(NC(=O)/C=C/C(=O)O)[C@@H]12. The van der Waals surface area contributed by atoms with E-state index >= 15 is 0 Å². The lowest BCUT2D eigenvalue weighted by atomic mass is 9.66. The Morgan fingerprint density at radius 2 is 1.83 bits per heavy atom. The molecule has 0 saturated carbocycles. The van der Waals surface area contributed by atoms with E-state index in [1.165, 1.54) is 20.8 Å². The van der Waals surface area contributed by atoms with Crippen LogP contribution in [-0.2, 0) is 23.9 Å². The molecule has 162 valence electrons. The lowest BCUT2D eigenvalue weighted by Gasteiger charge is -2.39.